The van der Waals surface area contributed by atoms with Crippen LogP contribution in [0.4, 0.5) is 10.5 Å². The average molecular weight is 357 g/mol. The highest BCUT2D eigenvalue weighted by Gasteiger charge is 2.24. The quantitative estimate of drug-likeness (QED) is 0.878. The molecule has 0 saturated carbocycles. The lowest BCUT2D eigenvalue weighted by atomic mass is 9.96. The van der Waals surface area contributed by atoms with E-state index in [1.807, 2.05) is 30.3 Å². The number of aromatic nitrogens is 2. The molecule has 3 rings (SSSR count). The number of benzene rings is 1. The van der Waals surface area contributed by atoms with Crippen molar-refractivity contribution in [2.75, 3.05) is 18.4 Å². The molecule has 140 valence electrons. The fourth-order valence-electron chi connectivity index (χ4n) is 2.92. The van der Waals surface area contributed by atoms with E-state index in [2.05, 4.69) is 46.4 Å². The molecular formula is C19H27N5O2. The monoisotopic (exact) mass is 357 g/mol. The van der Waals surface area contributed by atoms with Gasteiger partial charge < -0.3 is 15.2 Å². The molecule has 0 unspecified atom stereocenters. The highest BCUT2D eigenvalue weighted by Crippen LogP contribution is 2.20. The number of hydrogen-bond donors (Lipinski definition) is 2. The number of urea groups is 1. The van der Waals surface area contributed by atoms with Crippen LogP contribution in [0.1, 0.15) is 45.3 Å². The number of para-hydroxylation sites is 1. The summed E-state index contributed by atoms with van der Waals surface area (Å²) in [5.41, 5.74) is 0.693. The molecule has 2 heterocycles. The summed E-state index contributed by atoms with van der Waals surface area (Å²) < 4.78 is 5.37. The van der Waals surface area contributed by atoms with Gasteiger partial charge in [0.1, 0.15) is 0 Å². The molecule has 1 aliphatic heterocycles. The average Bonchev–Trinajstić information content (AvgIpc) is 3.06. The summed E-state index contributed by atoms with van der Waals surface area (Å²) in [5, 5.41) is 9.98. The Morgan fingerprint density at radius 2 is 1.92 bits per heavy atom. The Kier molecular flexibility index (Phi) is 5.56. The zero-order chi connectivity index (χ0) is 18.6. The van der Waals surface area contributed by atoms with Crippen molar-refractivity contribution >= 4 is 11.7 Å². The molecule has 0 atom stereocenters. The molecule has 2 aromatic rings. The van der Waals surface area contributed by atoms with Gasteiger partial charge in [-0.25, -0.2) is 4.79 Å². The van der Waals surface area contributed by atoms with Crippen molar-refractivity contribution in [3.8, 4) is 0 Å². The Labute approximate surface area is 154 Å². The fraction of sp³-hybridized carbons (Fsp3) is 0.526. The van der Waals surface area contributed by atoms with E-state index in [9.17, 15) is 4.79 Å². The number of piperidine rings is 1. The SMILES string of the molecule is CC(C)(C)c1noc(CN2CCC(NC(=O)Nc3ccccc3)CC2)n1. The van der Waals surface area contributed by atoms with Crippen molar-refractivity contribution in [1.29, 1.82) is 0 Å². The number of rotatable bonds is 4. The molecule has 7 nitrogen and oxygen atoms in total. The molecule has 1 fully saturated rings. The van der Waals surface area contributed by atoms with Crippen LogP contribution in [-0.2, 0) is 12.0 Å². The molecule has 1 saturated heterocycles. The van der Waals surface area contributed by atoms with Crippen LogP contribution in [0, 0.1) is 0 Å². The maximum absolute atomic E-state index is 12.1. The molecular weight excluding hydrogens is 330 g/mol. The maximum atomic E-state index is 12.1. The molecule has 1 aliphatic rings. The molecule has 0 radical (unpaired) electrons. The maximum Gasteiger partial charge on any atom is 0.319 e. The van der Waals surface area contributed by atoms with E-state index in [0.29, 0.717) is 12.4 Å². The molecule has 0 bridgehead atoms. The third kappa shape index (κ3) is 5.05. The lowest BCUT2D eigenvalue weighted by Gasteiger charge is -2.31. The highest BCUT2D eigenvalue weighted by atomic mass is 16.5. The second kappa shape index (κ2) is 7.86. The largest absolute Gasteiger partial charge is 0.338 e. The first kappa shape index (κ1) is 18.4. The number of hydrogen-bond acceptors (Lipinski definition) is 5. The van der Waals surface area contributed by atoms with Crippen LogP contribution in [0.3, 0.4) is 0 Å². The van der Waals surface area contributed by atoms with E-state index in [1.54, 1.807) is 0 Å². The second-order valence-corrected chi connectivity index (χ2v) is 7.78. The number of carbonyl (C=O) groups is 1. The molecule has 2 N–H and O–H groups in total. The van der Waals surface area contributed by atoms with E-state index < -0.39 is 0 Å². The number of anilines is 1. The Morgan fingerprint density at radius 3 is 2.54 bits per heavy atom. The minimum absolute atomic E-state index is 0.106. The Morgan fingerprint density at radius 1 is 1.23 bits per heavy atom. The van der Waals surface area contributed by atoms with Crippen LogP contribution in [0.15, 0.2) is 34.9 Å². The summed E-state index contributed by atoms with van der Waals surface area (Å²) in [5.74, 6) is 1.39. The summed E-state index contributed by atoms with van der Waals surface area (Å²) >= 11 is 0. The zero-order valence-corrected chi connectivity index (χ0v) is 15.7. The minimum Gasteiger partial charge on any atom is -0.338 e. The van der Waals surface area contributed by atoms with Gasteiger partial charge in [0.05, 0.1) is 6.54 Å². The van der Waals surface area contributed by atoms with Crippen LogP contribution in [-0.4, -0.2) is 40.2 Å². The summed E-state index contributed by atoms with van der Waals surface area (Å²) in [7, 11) is 0. The second-order valence-electron chi connectivity index (χ2n) is 7.78. The van der Waals surface area contributed by atoms with Crippen molar-refractivity contribution in [3.05, 3.63) is 42.0 Å². The number of likely N-dealkylation sites (tertiary alicyclic amines) is 1. The summed E-state index contributed by atoms with van der Waals surface area (Å²) in [6.07, 6.45) is 1.81. The number of nitrogens with zero attached hydrogens (tertiary/aromatic N) is 3. The smallest absolute Gasteiger partial charge is 0.319 e. The van der Waals surface area contributed by atoms with E-state index in [-0.39, 0.29) is 17.5 Å². The van der Waals surface area contributed by atoms with Crippen molar-refractivity contribution in [3.63, 3.8) is 0 Å². The molecule has 26 heavy (non-hydrogen) atoms. The number of amides is 2. The van der Waals surface area contributed by atoms with Gasteiger partial charge in [0.15, 0.2) is 5.82 Å². The molecule has 7 heteroatoms. The lowest BCUT2D eigenvalue weighted by molar-refractivity contribution is 0.171. The van der Waals surface area contributed by atoms with Crippen LogP contribution in [0.25, 0.3) is 0 Å². The van der Waals surface area contributed by atoms with Gasteiger partial charge in [0.2, 0.25) is 5.89 Å². The normalized spacial score (nSPS) is 16.4. The number of carbonyl (C=O) groups excluding carboxylic acids is 1. The topological polar surface area (TPSA) is 83.3 Å². The van der Waals surface area contributed by atoms with Gasteiger partial charge in [-0.2, -0.15) is 4.98 Å². The Bertz CT molecular complexity index is 715. The van der Waals surface area contributed by atoms with Crippen molar-refractivity contribution < 1.29 is 9.32 Å². The first-order valence-corrected chi connectivity index (χ1v) is 9.08. The Hall–Kier alpha value is -2.41. The van der Waals surface area contributed by atoms with E-state index in [1.165, 1.54) is 0 Å². The third-order valence-corrected chi connectivity index (χ3v) is 4.45. The number of nitrogens with one attached hydrogen (secondary N) is 2. The molecule has 0 spiro atoms. The van der Waals surface area contributed by atoms with Gasteiger partial charge in [-0.1, -0.05) is 44.1 Å². The summed E-state index contributed by atoms with van der Waals surface area (Å²) in [6, 6.07) is 9.50. The zero-order valence-electron chi connectivity index (χ0n) is 15.7. The molecule has 0 aliphatic carbocycles. The van der Waals surface area contributed by atoms with Gasteiger partial charge in [0, 0.05) is 30.2 Å². The highest BCUT2D eigenvalue weighted by molar-refractivity contribution is 5.89. The van der Waals surface area contributed by atoms with E-state index in [0.717, 1.165) is 37.4 Å². The minimum atomic E-state index is -0.152. The van der Waals surface area contributed by atoms with Gasteiger partial charge in [-0.05, 0) is 25.0 Å². The van der Waals surface area contributed by atoms with Crippen molar-refractivity contribution in [1.82, 2.24) is 20.4 Å². The van der Waals surface area contributed by atoms with Gasteiger partial charge in [-0.15, -0.1) is 0 Å². The predicted octanol–water partition coefficient (Wildman–Crippen LogP) is 3.15. The first-order chi connectivity index (χ1) is 12.4. The molecule has 1 aromatic carbocycles. The van der Waals surface area contributed by atoms with Gasteiger partial charge in [0.25, 0.3) is 0 Å². The van der Waals surface area contributed by atoms with Crippen LogP contribution >= 0.6 is 0 Å². The lowest BCUT2D eigenvalue weighted by Crippen LogP contribution is -2.45. The van der Waals surface area contributed by atoms with E-state index >= 15 is 0 Å². The van der Waals surface area contributed by atoms with Crippen LogP contribution in [0.5, 0.6) is 0 Å². The third-order valence-electron chi connectivity index (χ3n) is 4.45. The standard InChI is InChI=1S/C19H27N5O2/c1-19(2,3)17-22-16(26-23-17)13-24-11-9-15(10-12-24)21-18(25)20-14-7-5-4-6-8-14/h4-8,15H,9-13H2,1-3H3,(H2,20,21,25). The first-order valence-electron chi connectivity index (χ1n) is 9.08. The van der Waals surface area contributed by atoms with Gasteiger partial charge in [-0.3, -0.25) is 4.90 Å². The van der Waals surface area contributed by atoms with Crippen molar-refractivity contribution in [2.24, 2.45) is 0 Å². The Balaban J connectivity index is 1.43. The van der Waals surface area contributed by atoms with Crippen molar-refractivity contribution in [2.45, 2.75) is 51.6 Å². The van der Waals surface area contributed by atoms with Crippen LogP contribution in [0.2, 0.25) is 0 Å². The van der Waals surface area contributed by atoms with E-state index in [4.69, 9.17) is 4.52 Å². The summed E-state index contributed by atoms with van der Waals surface area (Å²) in [6.45, 7) is 8.65. The predicted molar refractivity (Wildman–Crippen MR) is 99.9 cm³/mol. The summed E-state index contributed by atoms with van der Waals surface area (Å²) in [4.78, 5) is 18.9. The van der Waals surface area contributed by atoms with Crippen LogP contribution < -0.4 is 10.6 Å². The van der Waals surface area contributed by atoms with Gasteiger partial charge >= 0.3 is 6.03 Å². The fourth-order valence-corrected chi connectivity index (χ4v) is 2.92. The molecule has 2 amide bonds. The molecule has 1 aromatic heterocycles.